The normalized spacial score (nSPS) is 11.9. The van der Waals surface area contributed by atoms with Gasteiger partial charge in [-0.05, 0) is 75.4 Å². The van der Waals surface area contributed by atoms with Gasteiger partial charge in [0.2, 0.25) is 11.8 Å². The van der Waals surface area contributed by atoms with Gasteiger partial charge >= 0.3 is 0 Å². The van der Waals surface area contributed by atoms with Crippen LogP contribution in [0.1, 0.15) is 26.3 Å². The summed E-state index contributed by atoms with van der Waals surface area (Å²) in [5, 5.41) is 3.01. The predicted molar refractivity (Wildman–Crippen MR) is 149 cm³/mol. The van der Waals surface area contributed by atoms with Gasteiger partial charge in [0, 0.05) is 23.7 Å². The number of nitrogens with one attached hydrogen (secondary N) is 1. The van der Waals surface area contributed by atoms with Crippen LogP contribution in [-0.2, 0) is 26.2 Å². The number of hydrogen-bond acceptors (Lipinski definition) is 5. The van der Waals surface area contributed by atoms with E-state index in [-0.39, 0.29) is 22.7 Å². The van der Waals surface area contributed by atoms with Crippen LogP contribution in [0.3, 0.4) is 0 Å². The molecule has 3 rings (SSSR count). The highest BCUT2D eigenvalue weighted by Gasteiger charge is 2.32. The van der Waals surface area contributed by atoms with E-state index >= 15 is 0 Å². The lowest BCUT2D eigenvalue weighted by Crippen LogP contribution is -2.51. The van der Waals surface area contributed by atoms with Crippen molar-refractivity contribution in [2.45, 2.75) is 38.3 Å². The fraction of sp³-hybridized carbons (Fsp3) is 0.286. The first-order chi connectivity index (χ1) is 18.6. The number of sulfonamides is 1. The van der Waals surface area contributed by atoms with Crippen molar-refractivity contribution in [1.29, 1.82) is 0 Å². The summed E-state index contributed by atoms with van der Waals surface area (Å²) in [5.74, 6) is -1.16. The summed E-state index contributed by atoms with van der Waals surface area (Å²) in [6.45, 7) is 4.95. The molecule has 0 bridgehead atoms. The van der Waals surface area contributed by atoms with Gasteiger partial charge < -0.3 is 15.0 Å². The minimum absolute atomic E-state index is 0.0778. The van der Waals surface area contributed by atoms with Gasteiger partial charge in [-0.1, -0.05) is 29.8 Å². The minimum Gasteiger partial charge on any atom is -0.494 e. The first kappa shape index (κ1) is 29.9. The van der Waals surface area contributed by atoms with E-state index in [1.165, 1.54) is 66.4 Å². The van der Waals surface area contributed by atoms with Gasteiger partial charge in [-0.3, -0.25) is 13.9 Å². The third kappa shape index (κ3) is 7.48. The average molecular weight is 576 g/mol. The van der Waals surface area contributed by atoms with Crippen LogP contribution >= 0.6 is 11.6 Å². The Balaban J connectivity index is 2.04. The SMILES string of the molecule is CCNC(=O)C(C)N(Cc1ccccc1F)C(=O)CN(c1ccc(OCC)cc1)S(=O)(=O)c1ccc(Cl)cc1. The second-order valence-electron chi connectivity index (χ2n) is 8.58. The van der Waals surface area contributed by atoms with Crippen LogP contribution < -0.4 is 14.4 Å². The zero-order valence-electron chi connectivity index (χ0n) is 21.9. The largest absolute Gasteiger partial charge is 0.494 e. The molecule has 0 saturated carbocycles. The van der Waals surface area contributed by atoms with Crippen molar-refractivity contribution in [2.24, 2.45) is 0 Å². The molecular weight excluding hydrogens is 545 g/mol. The van der Waals surface area contributed by atoms with Crippen molar-refractivity contribution in [1.82, 2.24) is 10.2 Å². The summed E-state index contributed by atoms with van der Waals surface area (Å²) in [6.07, 6.45) is 0. The van der Waals surface area contributed by atoms with Crippen LogP contribution in [0, 0.1) is 5.82 Å². The molecule has 0 fully saturated rings. The number of halogens is 2. The Bertz CT molecular complexity index is 1390. The molecule has 0 aromatic heterocycles. The van der Waals surface area contributed by atoms with E-state index in [1.54, 1.807) is 25.1 Å². The Labute approximate surface area is 233 Å². The first-order valence-electron chi connectivity index (χ1n) is 12.4. The van der Waals surface area contributed by atoms with Gasteiger partial charge in [0.1, 0.15) is 24.2 Å². The van der Waals surface area contributed by atoms with Crippen molar-refractivity contribution in [3.8, 4) is 5.75 Å². The maximum absolute atomic E-state index is 14.5. The van der Waals surface area contributed by atoms with Gasteiger partial charge in [-0.25, -0.2) is 12.8 Å². The molecule has 0 aliphatic heterocycles. The quantitative estimate of drug-likeness (QED) is 0.340. The van der Waals surface area contributed by atoms with Crippen LogP contribution in [0.25, 0.3) is 0 Å². The molecule has 0 heterocycles. The molecule has 11 heteroatoms. The van der Waals surface area contributed by atoms with Crippen LogP contribution in [0.4, 0.5) is 10.1 Å². The molecule has 0 aliphatic carbocycles. The highest BCUT2D eigenvalue weighted by atomic mass is 35.5. The summed E-state index contributed by atoms with van der Waals surface area (Å²) in [4.78, 5) is 27.6. The molecular formula is C28H31ClFN3O5S. The first-order valence-corrected chi connectivity index (χ1v) is 14.2. The number of hydrogen-bond donors (Lipinski definition) is 1. The molecule has 3 aromatic carbocycles. The summed E-state index contributed by atoms with van der Waals surface area (Å²) >= 11 is 5.96. The second kappa shape index (κ2) is 13.4. The number of rotatable bonds is 12. The molecule has 1 atom stereocenters. The van der Waals surface area contributed by atoms with Gasteiger partial charge in [-0.2, -0.15) is 0 Å². The lowest BCUT2D eigenvalue weighted by atomic mass is 10.1. The zero-order valence-corrected chi connectivity index (χ0v) is 23.5. The average Bonchev–Trinajstić information content (AvgIpc) is 2.92. The monoisotopic (exact) mass is 575 g/mol. The number of nitrogens with zero attached hydrogens (tertiary/aromatic N) is 2. The van der Waals surface area contributed by atoms with Gasteiger partial charge in [0.25, 0.3) is 10.0 Å². The third-order valence-electron chi connectivity index (χ3n) is 5.93. The Hall–Kier alpha value is -3.63. The van der Waals surface area contributed by atoms with E-state index in [0.717, 1.165) is 4.31 Å². The Morgan fingerprint density at radius 3 is 2.23 bits per heavy atom. The standard InChI is InChI=1S/C28H31ClFN3O5S/c1-4-31-28(35)20(3)32(18-21-8-6-7-9-26(21)30)27(34)19-33(23-12-14-24(15-13-23)38-5-2)39(36,37)25-16-10-22(29)11-17-25/h6-17,20H,4-5,18-19H2,1-3H3,(H,31,35). The smallest absolute Gasteiger partial charge is 0.264 e. The second-order valence-corrected chi connectivity index (χ2v) is 10.9. The lowest BCUT2D eigenvalue weighted by molar-refractivity contribution is -0.139. The summed E-state index contributed by atoms with van der Waals surface area (Å²) in [7, 11) is -4.25. The predicted octanol–water partition coefficient (Wildman–Crippen LogP) is 4.63. The Morgan fingerprint density at radius 1 is 1.00 bits per heavy atom. The molecule has 39 heavy (non-hydrogen) atoms. The van der Waals surface area contributed by atoms with Gasteiger partial charge in [0.15, 0.2) is 0 Å². The third-order valence-corrected chi connectivity index (χ3v) is 7.97. The number of amides is 2. The molecule has 0 aliphatic rings. The summed E-state index contributed by atoms with van der Waals surface area (Å²) < 4.78 is 48.5. The zero-order chi connectivity index (χ0) is 28.6. The van der Waals surface area contributed by atoms with Crippen LogP contribution in [0.2, 0.25) is 5.02 Å². The molecule has 3 aromatic rings. The maximum atomic E-state index is 14.5. The summed E-state index contributed by atoms with van der Waals surface area (Å²) in [5.41, 5.74) is 0.397. The molecule has 1 N–H and O–H groups in total. The number of ether oxygens (including phenoxy) is 1. The topological polar surface area (TPSA) is 96.0 Å². The molecule has 2 amide bonds. The van der Waals surface area contributed by atoms with Crippen LogP contribution in [0.5, 0.6) is 5.75 Å². The molecule has 0 spiro atoms. The molecule has 8 nitrogen and oxygen atoms in total. The molecule has 0 saturated heterocycles. The Morgan fingerprint density at radius 2 is 1.64 bits per heavy atom. The van der Waals surface area contributed by atoms with Gasteiger partial charge in [-0.15, -0.1) is 0 Å². The highest BCUT2D eigenvalue weighted by molar-refractivity contribution is 7.92. The van der Waals surface area contributed by atoms with E-state index < -0.39 is 40.2 Å². The van der Waals surface area contributed by atoms with Crippen LogP contribution in [-0.4, -0.2) is 50.9 Å². The molecule has 1 unspecified atom stereocenters. The summed E-state index contributed by atoms with van der Waals surface area (Å²) in [6, 6.07) is 16.7. The van der Waals surface area contributed by atoms with Crippen molar-refractivity contribution in [3.63, 3.8) is 0 Å². The lowest BCUT2D eigenvalue weighted by Gasteiger charge is -2.32. The number of likely N-dealkylation sites (N-methyl/N-ethyl adjacent to an activating group) is 1. The molecule has 208 valence electrons. The van der Waals surface area contributed by atoms with Gasteiger partial charge in [0.05, 0.1) is 17.2 Å². The number of carbonyl (C=O) groups is 2. The fourth-order valence-electron chi connectivity index (χ4n) is 3.85. The Kier molecular flexibility index (Phi) is 10.3. The van der Waals surface area contributed by atoms with E-state index in [9.17, 15) is 22.4 Å². The van der Waals surface area contributed by atoms with E-state index in [1.807, 2.05) is 6.92 Å². The molecule has 0 radical (unpaired) electrons. The van der Waals surface area contributed by atoms with Crippen molar-refractivity contribution in [2.75, 3.05) is 24.0 Å². The van der Waals surface area contributed by atoms with Crippen molar-refractivity contribution < 1.29 is 27.1 Å². The van der Waals surface area contributed by atoms with E-state index in [2.05, 4.69) is 5.32 Å². The van der Waals surface area contributed by atoms with Crippen molar-refractivity contribution >= 4 is 39.1 Å². The van der Waals surface area contributed by atoms with Crippen molar-refractivity contribution in [3.05, 3.63) is 89.2 Å². The minimum atomic E-state index is -4.25. The number of carbonyl (C=O) groups excluding carboxylic acids is 2. The maximum Gasteiger partial charge on any atom is 0.264 e. The number of anilines is 1. The number of benzene rings is 3. The fourth-order valence-corrected chi connectivity index (χ4v) is 5.39. The van der Waals surface area contributed by atoms with E-state index in [0.29, 0.717) is 23.9 Å². The van der Waals surface area contributed by atoms with E-state index in [4.69, 9.17) is 16.3 Å². The van der Waals surface area contributed by atoms with Crippen LogP contribution in [0.15, 0.2) is 77.7 Å². The highest BCUT2D eigenvalue weighted by Crippen LogP contribution is 2.27.